The Morgan fingerprint density at radius 2 is 1.69 bits per heavy atom. The molecule has 0 radical (unpaired) electrons. The minimum Gasteiger partial charge on any atom is -0.383 e. The molecule has 0 atom stereocenters. The molecule has 0 bridgehead atoms. The van der Waals surface area contributed by atoms with Gasteiger partial charge in [0.2, 0.25) is 5.91 Å². The molecular formula is C25H29ClN6O3. The van der Waals surface area contributed by atoms with Gasteiger partial charge in [0.25, 0.3) is 5.56 Å². The standard InChI is InChI=1S/C25H29ClN6O3/c1-2-31(21(33)17-29-12-14-30(15-13-29)20-10-8-19(26)9-11-20)22-23(27)32(25(35)28-24(22)34)16-18-6-4-3-5-7-18/h3-11H,2,12-17,27H2,1H3,(H,28,34,35). The van der Waals surface area contributed by atoms with E-state index in [0.29, 0.717) is 18.1 Å². The van der Waals surface area contributed by atoms with E-state index in [1.165, 1.54) is 9.47 Å². The summed E-state index contributed by atoms with van der Waals surface area (Å²) in [6.45, 7) is 5.31. The first kappa shape index (κ1) is 24.6. The molecule has 10 heteroatoms. The summed E-state index contributed by atoms with van der Waals surface area (Å²) in [7, 11) is 0. The molecule has 1 amide bonds. The Labute approximate surface area is 208 Å². The molecule has 3 aromatic rings. The van der Waals surface area contributed by atoms with Crippen LogP contribution in [0.25, 0.3) is 0 Å². The summed E-state index contributed by atoms with van der Waals surface area (Å²) in [6, 6.07) is 17.0. The first-order valence-corrected chi connectivity index (χ1v) is 11.9. The minimum atomic E-state index is -0.667. The maximum Gasteiger partial charge on any atom is 0.330 e. The SMILES string of the molecule is CCN(C(=O)CN1CCN(c2ccc(Cl)cc2)CC1)c1c(N)n(Cc2ccccc2)c(=O)[nH]c1=O. The molecule has 184 valence electrons. The Hall–Kier alpha value is -3.56. The number of benzene rings is 2. The van der Waals surface area contributed by atoms with Crippen LogP contribution in [0.4, 0.5) is 17.2 Å². The summed E-state index contributed by atoms with van der Waals surface area (Å²) in [4.78, 5) is 46.4. The Balaban J connectivity index is 1.48. The lowest BCUT2D eigenvalue weighted by Gasteiger charge is -2.36. The third-order valence-electron chi connectivity index (χ3n) is 6.21. The van der Waals surface area contributed by atoms with Crippen molar-refractivity contribution >= 4 is 34.7 Å². The van der Waals surface area contributed by atoms with Crippen molar-refractivity contribution in [2.24, 2.45) is 0 Å². The largest absolute Gasteiger partial charge is 0.383 e. The van der Waals surface area contributed by atoms with Crippen molar-refractivity contribution in [1.82, 2.24) is 14.5 Å². The van der Waals surface area contributed by atoms with Gasteiger partial charge in [0.1, 0.15) is 5.82 Å². The van der Waals surface area contributed by atoms with E-state index in [1.807, 2.05) is 54.6 Å². The van der Waals surface area contributed by atoms with Crippen LogP contribution in [-0.2, 0) is 11.3 Å². The van der Waals surface area contributed by atoms with Gasteiger partial charge >= 0.3 is 5.69 Å². The molecule has 1 aliphatic heterocycles. The number of carbonyl (C=O) groups excluding carboxylic acids is 1. The molecule has 35 heavy (non-hydrogen) atoms. The molecule has 0 unspecified atom stereocenters. The topological polar surface area (TPSA) is 108 Å². The molecule has 2 aromatic carbocycles. The highest BCUT2D eigenvalue weighted by atomic mass is 35.5. The van der Waals surface area contributed by atoms with Gasteiger partial charge in [-0.05, 0) is 36.8 Å². The number of anilines is 3. The van der Waals surface area contributed by atoms with Crippen LogP contribution < -0.4 is 26.8 Å². The first-order chi connectivity index (χ1) is 16.9. The fourth-order valence-electron chi connectivity index (χ4n) is 4.31. The third kappa shape index (κ3) is 5.58. The fourth-order valence-corrected chi connectivity index (χ4v) is 4.44. The van der Waals surface area contributed by atoms with Crippen molar-refractivity contribution < 1.29 is 4.79 Å². The molecule has 2 heterocycles. The van der Waals surface area contributed by atoms with E-state index >= 15 is 0 Å². The monoisotopic (exact) mass is 496 g/mol. The quantitative estimate of drug-likeness (QED) is 0.518. The molecule has 4 rings (SSSR count). The van der Waals surface area contributed by atoms with E-state index in [2.05, 4.69) is 14.8 Å². The molecule has 1 aromatic heterocycles. The number of nitrogen functional groups attached to an aromatic ring is 1. The predicted octanol–water partition coefficient (Wildman–Crippen LogP) is 2.00. The molecule has 1 aliphatic rings. The van der Waals surface area contributed by atoms with Gasteiger partial charge in [-0.15, -0.1) is 0 Å². The minimum absolute atomic E-state index is 0.00725. The summed E-state index contributed by atoms with van der Waals surface area (Å²) < 4.78 is 1.28. The van der Waals surface area contributed by atoms with Crippen LogP contribution in [0.15, 0.2) is 64.2 Å². The number of hydrogen-bond donors (Lipinski definition) is 2. The van der Waals surface area contributed by atoms with Crippen LogP contribution in [0.1, 0.15) is 12.5 Å². The number of amides is 1. The zero-order valence-electron chi connectivity index (χ0n) is 19.6. The number of nitrogens with one attached hydrogen (secondary N) is 1. The van der Waals surface area contributed by atoms with Crippen molar-refractivity contribution in [3.63, 3.8) is 0 Å². The second kappa shape index (κ2) is 10.8. The highest BCUT2D eigenvalue weighted by molar-refractivity contribution is 6.30. The Morgan fingerprint density at radius 3 is 2.31 bits per heavy atom. The number of aromatic nitrogens is 2. The molecule has 1 saturated heterocycles. The predicted molar refractivity (Wildman–Crippen MR) is 139 cm³/mol. The van der Waals surface area contributed by atoms with E-state index in [0.717, 1.165) is 24.3 Å². The normalized spacial score (nSPS) is 14.2. The van der Waals surface area contributed by atoms with Crippen molar-refractivity contribution in [2.75, 3.05) is 54.8 Å². The van der Waals surface area contributed by atoms with Gasteiger partial charge in [-0.2, -0.15) is 0 Å². The average Bonchev–Trinajstić information content (AvgIpc) is 2.86. The van der Waals surface area contributed by atoms with Crippen molar-refractivity contribution in [1.29, 1.82) is 0 Å². The Kier molecular flexibility index (Phi) is 7.57. The summed E-state index contributed by atoms with van der Waals surface area (Å²) in [5, 5.41) is 0.696. The maximum absolute atomic E-state index is 13.3. The lowest BCUT2D eigenvalue weighted by Crippen LogP contribution is -2.51. The van der Waals surface area contributed by atoms with Crippen LogP contribution in [0.3, 0.4) is 0 Å². The Bertz CT molecular complexity index is 1280. The number of carbonyl (C=O) groups is 1. The second-order valence-electron chi connectivity index (χ2n) is 8.44. The molecule has 9 nitrogen and oxygen atoms in total. The molecule has 0 aliphatic carbocycles. The van der Waals surface area contributed by atoms with E-state index < -0.39 is 11.2 Å². The molecule has 1 fully saturated rings. The molecule has 0 spiro atoms. The fraction of sp³-hybridized carbons (Fsp3) is 0.320. The van der Waals surface area contributed by atoms with Gasteiger partial charge in [0.05, 0.1) is 13.1 Å². The number of piperazine rings is 1. The summed E-state index contributed by atoms with van der Waals surface area (Å²) in [5.74, 6) is -0.264. The summed E-state index contributed by atoms with van der Waals surface area (Å²) in [5.41, 5.74) is 6.97. The molecular weight excluding hydrogens is 468 g/mol. The van der Waals surface area contributed by atoms with Crippen molar-refractivity contribution in [2.45, 2.75) is 13.5 Å². The summed E-state index contributed by atoms with van der Waals surface area (Å²) in [6.07, 6.45) is 0. The van der Waals surface area contributed by atoms with E-state index in [9.17, 15) is 14.4 Å². The number of nitrogens with two attached hydrogens (primary N) is 1. The number of rotatable bonds is 7. The Morgan fingerprint density at radius 1 is 1.03 bits per heavy atom. The second-order valence-corrected chi connectivity index (χ2v) is 8.88. The number of H-pyrrole nitrogens is 1. The number of halogens is 1. The number of likely N-dealkylation sites (N-methyl/N-ethyl adjacent to an activating group) is 1. The van der Waals surface area contributed by atoms with Gasteiger partial charge < -0.3 is 15.5 Å². The maximum atomic E-state index is 13.3. The zero-order chi connectivity index (χ0) is 24.9. The van der Waals surface area contributed by atoms with Crippen molar-refractivity contribution in [3.8, 4) is 0 Å². The third-order valence-corrected chi connectivity index (χ3v) is 6.46. The molecule has 0 saturated carbocycles. The van der Waals surface area contributed by atoms with E-state index in [-0.39, 0.29) is 37.0 Å². The lowest BCUT2D eigenvalue weighted by molar-refractivity contribution is -0.119. The van der Waals surface area contributed by atoms with E-state index in [4.69, 9.17) is 17.3 Å². The molecule has 3 N–H and O–H groups in total. The number of aromatic amines is 1. The average molecular weight is 497 g/mol. The summed E-state index contributed by atoms with van der Waals surface area (Å²) >= 11 is 5.98. The van der Waals surface area contributed by atoms with Gasteiger partial charge in [0, 0.05) is 43.4 Å². The van der Waals surface area contributed by atoms with Crippen molar-refractivity contribution in [3.05, 3.63) is 86.0 Å². The van der Waals surface area contributed by atoms with Gasteiger partial charge in [0.15, 0.2) is 5.69 Å². The highest BCUT2D eigenvalue weighted by Crippen LogP contribution is 2.21. The van der Waals surface area contributed by atoms with Crippen LogP contribution in [0, 0.1) is 0 Å². The smallest absolute Gasteiger partial charge is 0.330 e. The number of hydrogen-bond acceptors (Lipinski definition) is 6. The van der Waals surface area contributed by atoms with Gasteiger partial charge in [-0.1, -0.05) is 41.9 Å². The van der Waals surface area contributed by atoms with Crippen LogP contribution in [-0.4, -0.2) is 59.6 Å². The van der Waals surface area contributed by atoms with E-state index in [1.54, 1.807) is 6.92 Å². The zero-order valence-corrected chi connectivity index (χ0v) is 20.4. The lowest BCUT2D eigenvalue weighted by atomic mass is 10.2. The highest BCUT2D eigenvalue weighted by Gasteiger charge is 2.26. The van der Waals surface area contributed by atoms with Gasteiger partial charge in [-0.3, -0.25) is 24.0 Å². The van der Waals surface area contributed by atoms with Crippen LogP contribution in [0.5, 0.6) is 0 Å². The van der Waals surface area contributed by atoms with Crippen LogP contribution in [0.2, 0.25) is 5.02 Å². The van der Waals surface area contributed by atoms with Crippen LogP contribution >= 0.6 is 11.6 Å². The van der Waals surface area contributed by atoms with Gasteiger partial charge in [-0.25, -0.2) is 4.79 Å². The first-order valence-electron chi connectivity index (χ1n) is 11.6. The number of nitrogens with zero attached hydrogens (tertiary/aromatic N) is 4.